The molecule has 12 heteroatoms. The number of nitrogens with zero attached hydrogens (tertiary/aromatic N) is 3. The molecule has 204 valence electrons. The van der Waals surface area contributed by atoms with E-state index in [1.54, 1.807) is 26.0 Å². The van der Waals surface area contributed by atoms with Crippen molar-refractivity contribution in [3.63, 3.8) is 0 Å². The lowest BCUT2D eigenvalue weighted by molar-refractivity contribution is -0.139. The number of hydrogen-bond acceptors (Lipinski definition) is 6. The van der Waals surface area contributed by atoms with Crippen molar-refractivity contribution in [3.8, 4) is 0 Å². The molecule has 0 bridgehead atoms. The van der Waals surface area contributed by atoms with E-state index in [1.807, 2.05) is 4.90 Å². The van der Waals surface area contributed by atoms with E-state index in [4.69, 9.17) is 16.3 Å². The smallest absolute Gasteiger partial charge is 0.338 e. The number of amides is 2. The van der Waals surface area contributed by atoms with Gasteiger partial charge in [0.15, 0.2) is 0 Å². The number of hydrogen-bond donors (Lipinski definition) is 1. The van der Waals surface area contributed by atoms with Crippen LogP contribution in [0.5, 0.6) is 0 Å². The fourth-order valence-corrected chi connectivity index (χ4v) is 6.21. The zero-order valence-corrected chi connectivity index (χ0v) is 22.8. The van der Waals surface area contributed by atoms with Crippen molar-refractivity contribution in [2.24, 2.45) is 0 Å². The summed E-state index contributed by atoms with van der Waals surface area (Å²) in [5.74, 6) is -1.00. The highest BCUT2D eigenvalue weighted by Crippen LogP contribution is 2.32. The van der Waals surface area contributed by atoms with Crippen LogP contribution in [0.15, 0.2) is 64.7 Å². The molecule has 0 aromatic heterocycles. The first kappa shape index (κ1) is 28.0. The highest BCUT2D eigenvalue weighted by molar-refractivity contribution is 7.89. The number of piperazine rings is 1. The van der Waals surface area contributed by atoms with Crippen LogP contribution in [0.4, 0.5) is 9.18 Å². The summed E-state index contributed by atoms with van der Waals surface area (Å²) >= 11 is 5.90. The van der Waals surface area contributed by atoms with Crippen LogP contribution in [0, 0.1) is 5.82 Å². The standard InChI is InChI=1S/C26H30ClFN4O5S/c1-3-32-22(17-30-13-15-31(16-14-30)38(35,36)21-11-7-19(27)8-12-21)23(25(33)37-4-2)24(29-26(32)34)18-5-9-20(28)10-6-18/h5-12,24H,3-4,13-17H2,1-2H3,(H,29,34)/t24-/m1/s1. The predicted molar refractivity (Wildman–Crippen MR) is 140 cm³/mol. The molecule has 0 unspecified atom stereocenters. The molecule has 1 saturated heterocycles. The van der Waals surface area contributed by atoms with Gasteiger partial charge in [-0.3, -0.25) is 9.80 Å². The molecule has 0 aliphatic carbocycles. The van der Waals surface area contributed by atoms with E-state index in [0.717, 1.165) is 0 Å². The zero-order valence-electron chi connectivity index (χ0n) is 21.2. The molecule has 2 heterocycles. The second kappa shape index (κ2) is 11.8. The molecule has 2 aliphatic heterocycles. The Bertz CT molecular complexity index is 1310. The first-order chi connectivity index (χ1) is 18.1. The summed E-state index contributed by atoms with van der Waals surface area (Å²) in [6, 6.07) is 10.5. The molecule has 9 nitrogen and oxygen atoms in total. The third-order valence-corrected chi connectivity index (χ3v) is 8.77. The Morgan fingerprint density at radius 2 is 1.68 bits per heavy atom. The number of likely N-dealkylation sites (N-methyl/N-ethyl adjacent to an activating group) is 1. The van der Waals surface area contributed by atoms with Gasteiger partial charge in [0.25, 0.3) is 0 Å². The lowest BCUT2D eigenvalue weighted by Gasteiger charge is -2.40. The van der Waals surface area contributed by atoms with Crippen LogP contribution in [0.25, 0.3) is 0 Å². The van der Waals surface area contributed by atoms with Crippen LogP contribution in [0.2, 0.25) is 5.02 Å². The van der Waals surface area contributed by atoms with Gasteiger partial charge in [-0.25, -0.2) is 22.4 Å². The van der Waals surface area contributed by atoms with Crippen LogP contribution in [-0.4, -0.2) is 80.4 Å². The number of benzene rings is 2. The molecule has 2 aromatic rings. The van der Waals surface area contributed by atoms with Crippen molar-refractivity contribution in [1.82, 2.24) is 19.4 Å². The Hall–Kier alpha value is -2.99. The molecule has 0 saturated carbocycles. The van der Waals surface area contributed by atoms with E-state index in [-0.39, 0.29) is 42.7 Å². The van der Waals surface area contributed by atoms with Gasteiger partial charge in [-0.2, -0.15) is 4.31 Å². The molecular weight excluding hydrogens is 535 g/mol. The quantitative estimate of drug-likeness (QED) is 0.494. The zero-order chi connectivity index (χ0) is 27.4. The lowest BCUT2D eigenvalue weighted by atomic mass is 9.94. The summed E-state index contributed by atoms with van der Waals surface area (Å²) in [5, 5.41) is 3.30. The fourth-order valence-electron chi connectivity index (χ4n) is 4.66. The Morgan fingerprint density at radius 3 is 2.26 bits per heavy atom. The largest absolute Gasteiger partial charge is 0.463 e. The number of sulfonamides is 1. The number of halogens is 2. The third kappa shape index (κ3) is 5.85. The lowest BCUT2D eigenvalue weighted by Crippen LogP contribution is -2.53. The monoisotopic (exact) mass is 564 g/mol. The number of esters is 1. The van der Waals surface area contributed by atoms with Gasteiger partial charge in [-0.15, -0.1) is 0 Å². The van der Waals surface area contributed by atoms with Crippen LogP contribution < -0.4 is 5.32 Å². The Morgan fingerprint density at radius 1 is 1.05 bits per heavy atom. The van der Waals surface area contributed by atoms with Crippen molar-refractivity contribution in [1.29, 1.82) is 0 Å². The van der Waals surface area contributed by atoms with E-state index >= 15 is 0 Å². The third-order valence-electron chi connectivity index (χ3n) is 6.61. The van der Waals surface area contributed by atoms with Gasteiger partial charge < -0.3 is 10.1 Å². The molecule has 38 heavy (non-hydrogen) atoms. The molecular formula is C26H30ClFN4O5S. The first-order valence-electron chi connectivity index (χ1n) is 12.4. The molecule has 2 amide bonds. The van der Waals surface area contributed by atoms with Crippen molar-refractivity contribution >= 4 is 33.6 Å². The highest BCUT2D eigenvalue weighted by Gasteiger charge is 2.39. The fraction of sp³-hybridized carbons (Fsp3) is 0.385. The topological polar surface area (TPSA) is 99.3 Å². The van der Waals surface area contributed by atoms with Gasteiger partial charge in [0, 0.05) is 50.0 Å². The van der Waals surface area contributed by atoms with Gasteiger partial charge >= 0.3 is 12.0 Å². The summed E-state index contributed by atoms with van der Waals surface area (Å²) in [6.45, 7) is 5.47. The molecule has 0 spiro atoms. The van der Waals surface area contributed by atoms with Crippen molar-refractivity contribution < 1.29 is 27.1 Å². The van der Waals surface area contributed by atoms with Gasteiger partial charge in [-0.1, -0.05) is 23.7 Å². The maximum absolute atomic E-state index is 13.6. The summed E-state index contributed by atoms with van der Waals surface area (Å²) in [6.07, 6.45) is 0. The maximum atomic E-state index is 13.6. The number of ether oxygens (including phenoxy) is 1. The summed E-state index contributed by atoms with van der Waals surface area (Å²) < 4.78 is 46.5. The molecule has 2 aliphatic rings. The number of carbonyl (C=O) groups is 2. The van der Waals surface area contributed by atoms with Gasteiger partial charge in [0.1, 0.15) is 5.82 Å². The van der Waals surface area contributed by atoms with Gasteiger partial charge in [0.05, 0.1) is 23.1 Å². The molecule has 2 aromatic carbocycles. The molecule has 0 radical (unpaired) electrons. The maximum Gasteiger partial charge on any atom is 0.338 e. The van der Waals surface area contributed by atoms with E-state index in [0.29, 0.717) is 35.9 Å². The second-order valence-corrected chi connectivity index (χ2v) is 11.3. The van der Waals surface area contributed by atoms with Crippen LogP contribution in [0.3, 0.4) is 0 Å². The number of rotatable bonds is 8. The molecule has 1 atom stereocenters. The molecule has 1 fully saturated rings. The van der Waals surface area contributed by atoms with Crippen molar-refractivity contribution in [2.45, 2.75) is 24.8 Å². The molecule has 4 rings (SSSR count). The highest BCUT2D eigenvalue weighted by atomic mass is 35.5. The second-order valence-electron chi connectivity index (χ2n) is 8.89. The van der Waals surface area contributed by atoms with E-state index < -0.39 is 27.9 Å². The van der Waals surface area contributed by atoms with Gasteiger partial charge in [-0.05, 0) is 55.8 Å². The minimum atomic E-state index is -3.68. The van der Waals surface area contributed by atoms with Crippen molar-refractivity contribution in [3.05, 3.63) is 76.2 Å². The first-order valence-corrected chi connectivity index (χ1v) is 14.2. The minimum absolute atomic E-state index is 0.146. The number of nitrogens with one attached hydrogen (secondary N) is 1. The van der Waals surface area contributed by atoms with Crippen LogP contribution >= 0.6 is 11.6 Å². The SMILES string of the molecule is CCOC(=O)C1=C(CN2CCN(S(=O)(=O)c3ccc(Cl)cc3)CC2)N(CC)C(=O)N[C@@H]1c1ccc(F)cc1. The summed E-state index contributed by atoms with van der Waals surface area (Å²) in [7, 11) is -3.68. The minimum Gasteiger partial charge on any atom is -0.463 e. The summed E-state index contributed by atoms with van der Waals surface area (Å²) in [4.78, 5) is 29.9. The average Bonchev–Trinajstić information content (AvgIpc) is 2.89. The molecule has 1 N–H and O–H groups in total. The van der Waals surface area contributed by atoms with E-state index in [1.165, 1.54) is 45.6 Å². The van der Waals surface area contributed by atoms with Crippen LogP contribution in [-0.2, 0) is 19.6 Å². The van der Waals surface area contributed by atoms with E-state index in [9.17, 15) is 22.4 Å². The normalized spacial score (nSPS) is 19.4. The number of carbonyl (C=O) groups excluding carboxylic acids is 2. The average molecular weight is 565 g/mol. The number of urea groups is 1. The summed E-state index contributed by atoms with van der Waals surface area (Å²) in [5.41, 5.74) is 1.31. The Balaban J connectivity index is 1.61. The Labute approximate surface area is 226 Å². The van der Waals surface area contributed by atoms with Gasteiger partial charge in [0.2, 0.25) is 10.0 Å². The Kier molecular flexibility index (Phi) is 8.71. The van der Waals surface area contributed by atoms with Crippen LogP contribution in [0.1, 0.15) is 25.5 Å². The van der Waals surface area contributed by atoms with Crippen molar-refractivity contribution in [2.75, 3.05) is 45.9 Å². The van der Waals surface area contributed by atoms with E-state index in [2.05, 4.69) is 5.32 Å². The predicted octanol–water partition coefficient (Wildman–Crippen LogP) is 3.39.